The maximum atomic E-state index is 12.5. The molecule has 0 aliphatic carbocycles. The van der Waals surface area contributed by atoms with Crippen LogP contribution in [0.25, 0.3) is 11.1 Å². The number of hydrogen-bond acceptors (Lipinski definition) is 6. The normalized spacial score (nSPS) is 11.6. The molecule has 2 rings (SSSR count). The molecule has 0 saturated heterocycles. The van der Waals surface area contributed by atoms with Crippen molar-refractivity contribution in [2.75, 3.05) is 53.5 Å². The lowest BCUT2D eigenvalue weighted by Gasteiger charge is -2.16. The third-order valence-electron chi connectivity index (χ3n) is 10.5. The Bertz CT molecular complexity index is 1120. The van der Waals surface area contributed by atoms with Gasteiger partial charge in [0.05, 0.1) is 13.2 Å². The zero-order valence-electron chi connectivity index (χ0n) is 35.4. The zero-order valence-corrected chi connectivity index (χ0v) is 35.4. The van der Waals surface area contributed by atoms with E-state index in [1.165, 1.54) is 116 Å². The molecule has 0 spiro atoms. The molecule has 6 heteroatoms. The summed E-state index contributed by atoms with van der Waals surface area (Å²) in [7, 11) is 4.34. The Morgan fingerprint density at radius 3 is 1.17 bits per heavy atom. The van der Waals surface area contributed by atoms with Gasteiger partial charge < -0.3 is 19.3 Å². The van der Waals surface area contributed by atoms with E-state index < -0.39 is 0 Å². The summed E-state index contributed by atoms with van der Waals surface area (Å²) in [4.78, 5) is 29.7. The standard InChI is InChI=1S/C48H80N2O4/c1-5-7-9-11-13-15-17-19-21-33-49(3)35-25-31-47(51)41-53-39-43-27-23-29-45(37-43)46-30-24-28-44(38-46)40-54-42-48(52)32-26-36-50(4)34-22-20-18-16-14-12-10-8-6-2/h23-24,27-30,37-38H,5-22,25-26,31-36,39-42H2,1-4H3. The molecule has 0 heterocycles. The smallest absolute Gasteiger partial charge is 0.158 e. The molecule has 2 aromatic rings. The van der Waals surface area contributed by atoms with Gasteiger partial charge >= 0.3 is 0 Å². The van der Waals surface area contributed by atoms with Crippen molar-refractivity contribution in [2.45, 2.75) is 168 Å². The van der Waals surface area contributed by atoms with E-state index in [9.17, 15) is 9.59 Å². The predicted octanol–water partition coefficient (Wildman–Crippen LogP) is 12.0. The van der Waals surface area contributed by atoms with E-state index in [2.05, 4.69) is 62.0 Å². The molecule has 0 saturated carbocycles. The summed E-state index contributed by atoms with van der Waals surface area (Å²) in [5, 5.41) is 0. The molecular weight excluding hydrogens is 669 g/mol. The Morgan fingerprint density at radius 1 is 0.463 bits per heavy atom. The Morgan fingerprint density at radius 2 is 0.796 bits per heavy atom. The first kappa shape index (κ1) is 47.8. The number of ketones is 2. The van der Waals surface area contributed by atoms with Crippen LogP contribution in [0.4, 0.5) is 0 Å². The summed E-state index contributed by atoms with van der Waals surface area (Å²) in [6.07, 6.45) is 27.2. The molecule has 0 unspecified atom stereocenters. The number of carbonyl (C=O) groups is 2. The van der Waals surface area contributed by atoms with E-state index in [4.69, 9.17) is 9.47 Å². The average molecular weight is 749 g/mol. The number of rotatable bonds is 37. The molecule has 0 amide bonds. The van der Waals surface area contributed by atoms with Crippen LogP contribution in [0.2, 0.25) is 0 Å². The minimum absolute atomic E-state index is 0.161. The monoisotopic (exact) mass is 749 g/mol. The maximum absolute atomic E-state index is 12.5. The molecule has 0 fully saturated rings. The topological polar surface area (TPSA) is 59.1 Å². The first-order valence-corrected chi connectivity index (χ1v) is 22.2. The van der Waals surface area contributed by atoms with Gasteiger partial charge in [-0.2, -0.15) is 0 Å². The second-order valence-corrected chi connectivity index (χ2v) is 15.9. The lowest BCUT2D eigenvalue weighted by molar-refractivity contribution is -0.124. The lowest BCUT2D eigenvalue weighted by Crippen LogP contribution is -2.22. The van der Waals surface area contributed by atoms with Crippen LogP contribution in [0.3, 0.4) is 0 Å². The summed E-state index contributed by atoms with van der Waals surface area (Å²) in [5.74, 6) is 0.344. The fraction of sp³-hybridized carbons (Fsp3) is 0.708. The van der Waals surface area contributed by atoms with E-state index in [1.54, 1.807) is 0 Å². The van der Waals surface area contributed by atoms with Crippen LogP contribution < -0.4 is 0 Å². The molecule has 0 N–H and O–H groups in total. The molecule has 0 bridgehead atoms. The van der Waals surface area contributed by atoms with Crippen LogP contribution in [-0.2, 0) is 32.3 Å². The molecule has 0 radical (unpaired) electrons. The summed E-state index contributed by atoms with van der Waals surface area (Å²) in [6.45, 7) is 9.84. The van der Waals surface area contributed by atoms with E-state index >= 15 is 0 Å². The Labute approximate surface area is 332 Å². The summed E-state index contributed by atoms with van der Waals surface area (Å²) in [5.41, 5.74) is 4.29. The third kappa shape index (κ3) is 25.7. The van der Waals surface area contributed by atoms with E-state index in [0.717, 1.165) is 61.3 Å². The molecule has 306 valence electrons. The molecule has 6 nitrogen and oxygen atoms in total. The van der Waals surface area contributed by atoms with Crippen LogP contribution in [0.1, 0.15) is 166 Å². The maximum Gasteiger partial charge on any atom is 0.158 e. The van der Waals surface area contributed by atoms with Gasteiger partial charge in [0.2, 0.25) is 0 Å². The fourth-order valence-corrected chi connectivity index (χ4v) is 7.09. The van der Waals surface area contributed by atoms with Crippen molar-refractivity contribution in [3.8, 4) is 11.1 Å². The Hall–Kier alpha value is -2.38. The van der Waals surface area contributed by atoms with E-state index in [1.807, 2.05) is 24.3 Å². The van der Waals surface area contributed by atoms with Gasteiger partial charge in [0.1, 0.15) is 13.2 Å². The highest BCUT2D eigenvalue weighted by Gasteiger charge is 2.08. The molecule has 0 aliphatic heterocycles. The minimum atomic E-state index is 0.161. The number of unbranched alkanes of at least 4 members (excludes halogenated alkanes) is 16. The van der Waals surface area contributed by atoms with Crippen molar-refractivity contribution in [3.63, 3.8) is 0 Å². The number of ether oxygens (including phenoxy) is 2. The highest BCUT2D eigenvalue weighted by atomic mass is 16.5. The second kappa shape index (κ2) is 32.8. The second-order valence-electron chi connectivity index (χ2n) is 15.9. The van der Waals surface area contributed by atoms with Gasteiger partial charge in [-0.25, -0.2) is 0 Å². The predicted molar refractivity (Wildman–Crippen MR) is 229 cm³/mol. The van der Waals surface area contributed by atoms with Crippen LogP contribution in [0.5, 0.6) is 0 Å². The third-order valence-corrected chi connectivity index (χ3v) is 10.5. The van der Waals surface area contributed by atoms with E-state index in [0.29, 0.717) is 26.1 Å². The van der Waals surface area contributed by atoms with Gasteiger partial charge in [-0.15, -0.1) is 0 Å². The summed E-state index contributed by atoms with van der Waals surface area (Å²) in [6, 6.07) is 16.6. The van der Waals surface area contributed by atoms with Crippen LogP contribution in [-0.4, -0.2) is 74.9 Å². The largest absolute Gasteiger partial charge is 0.369 e. The van der Waals surface area contributed by atoms with Gasteiger partial charge in [-0.3, -0.25) is 9.59 Å². The number of hydrogen-bond donors (Lipinski definition) is 0. The van der Waals surface area contributed by atoms with Crippen LogP contribution in [0.15, 0.2) is 48.5 Å². The van der Waals surface area contributed by atoms with Crippen molar-refractivity contribution < 1.29 is 19.1 Å². The van der Waals surface area contributed by atoms with E-state index in [-0.39, 0.29) is 24.8 Å². The molecule has 54 heavy (non-hydrogen) atoms. The first-order chi connectivity index (χ1) is 26.4. The molecular formula is C48H80N2O4. The SMILES string of the molecule is CCCCCCCCCCCN(C)CCCC(=O)COCc1cccc(-c2cccc(COCC(=O)CCCN(C)CCCCCCCCCCC)c2)c1. The van der Waals surface area contributed by atoms with Crippen molar-refractivity contribution in [2.24, 2.45) is 0 Å². The average Bonchev–Trinajstić information content (AvgIpc) is 3.17. The zero-order chi connectivity index (χ0) is 38.9. The van der Waals surface area contributed by atoms with Gasteiger partial charge in [-0.05, 0) is 100 Å². The van der Waals surface area contributed by atoms with Crippen molar-refractivity contribution in [3.05, 3.63) is 59.7 Å². The highest BCUT2D eigenvalue weighted by molar-refractivity contribution is 5.80. The minimum Gasteiger partial charge on any atom is -0.369 e. The van der Waals surface area contributed by atoms with Gasteiger partial charge in [0.25, 0.3) is 0 Å². The van der Waals surface area contributed by atoms with Crippen LogP contribution in [0, 0.1) is 0 Å². The fourth-order valence-electron chi connectivity index (χ4n) is 7.09. The number of benzene rings is 2. The summed E-state index contributed by atoms with van der Waals surface area (Å²) < 4.78 is 11.7. The molecule has 0 aliphatic rings. The quantitative estimate of drug-likeness (QED) is 0.0641. The van der Waals surface area contributed by atoms with Gasteiger partial charge in [-0.1, -0.05) is 153 Å². The molecule has 0 atom stereocenters. The van der Waals surface area contributed by atoms with Gasteiger partial charge in [0, 0.05) is 12.8 Å². The van der Waals surface area contributed by atoms with Crippen molar-refractivity contribution in [1.82, 2.24) is 9.80 Å². The number of Topliss-reactive ketones (excluding diaryl/α,β-unsaturated/α-hetero) is 2. The van der Waals surface area contributed by atoms with Crippen molar-refractivity contribution >= 4 is 11.6 Å². The Balaban J connectivity index is 1.55. The Kier molecular flexibility index (Phi) is 29.0. The molecule has 2 aromatic carbocycles. The first-order valence-electron chi connectivity index (χ1n) is 22.2. The lowest BCUT2D eigenvalue weighted by atomic mass is 10.0. The van der Waals surface area contributed by atoms with Crippen LogP contribution >= 0.6 is 0 Å². The number of carbonyl (C=O) groups excluding carboxylic acids is 2. The summed E-state index contributed by atoms with van der Waals surface area (Å²) >= 11 is 0. The highest BCUT2D eigenvalue weighted by Crippen LogP contribution is 2.23. The van der Waals surface area contributed by atoms with Gasteiger partial charge in [0.15, 0.2) is 11.6 Å². The van der Waals surface area contributed by atoms with Crippen molar-refractivity contribution in [1.29, 1.82) is 0 Å². The number of nitrogens with zero attached hydrogens (tertiary/aromatic N) is 2. The molecule has 0 aromatic heterocycles.